The Morgan fingerprint density at radius 3 is 2.44 bits per heavy atom. The van der Waals surface area contributed by atoms with Gasteiger partial charge in [0.25, 0.3) is 0 Å². The van der Waals surface area contributed by atoms with Gasteiger partial charge in [-0.25, -0.2) is 10.2 Å². The van der Waals surface area contributed by atoms with E-state index in [9.17, 15) is 14.4 Å². The highest BCUT2D eigenvalue weighted by atomic mass is 79.9. The Kier molecular flexibility index (Phi) is 7.50. The lowest BCUT2D eigenvalue weighted by molar-refractivity contribution is -0.142. The zero-order valence-electron chi connectivity index (χ0n) is 14.3. The molecular formula is C18H16BrN3O5. The lowest BCUT2D eigenvalue weighted by Crippen LogP contribution is -2.32. The smallest absolute Gasteiger partial charge is 0.343 e. The highest BCUT2D eigenvalue weighted by Crippen LogP contribution is 2.20. The van der Waals surface area contributed by atoms with Crippen molar-refractivity contribution in [1.82, 2.24) is 5.43 Å². The number of anilines is 1. The molecule has 0 aromatic heterocycles. The van der Waals surface area contributed by atoms with Crippen LogP contribution in [0.2, 0.25) is 0 Å². The lowest BCUT2D eigenvalue weighted by atomic mass is 10.2. The van der Waals surface area contributed by atoms with E-state index in [0.717, 1.165) is 0 Å². The molecule has 0 bridgehead atoms. The third-order valence-electron chi connectivity index (χ3n) is 3.17. The second-order valence-electron chi connectivity index (χ2n) is 5.07. The summed E-state index contributed by atoms with van der Waals surface area (Å²) in [7, 11) is 1.28. The number of hydrazone groups is 1. The molecule has 2 amide bonds. The molecule has 2 aromatic rings. The highest BCUT2D eigenvalue weighted by molar-refractivity contribution is 9.10. The van der Waals surface area contributed by atoms with Crippen LogP contribution in [-0.4, -0.2) is 37.7 Å². The first-order valence-corrected chi connectivity index (χ1v) is 8.47. The van der Waals surface area contributed by atoms with E-state index in [1.807, 2.05) is 0 Å². The van der Waals surface area contributed by atoms with E-state index in [1.54, 1.807) is 48.5 Å². The largest absolute Gasteiger partial charge is 0.482 e. The van der Waals surface area contributed by atoms with Crippen LogP contribution in [-0.2, 0) is 19.1 Å². The summed E-state index contributed by atoms with van der Waals surface area (Å²) >= 11 is 3.27. The number of carbonyl (C=O) groups excluding carboxylic acids is 3. The van der Waals surface area contributed by atoms with E-state index in [-0.39, 0.29) is 6.61 Å². The van der Waals surface area contributed by atoms with Crippen molar-refractivity contribution in [3.8, 4) is 5.75 Å². The third kappa shape index (κ3) is 6.55. The third-order valence-corrected chi connectivity index (χ3v) is 3.86. The number of esters is 1. The van der Waals surface area contributed by atoms with Gasteiger partial charge in [-0.3, -0.25) is 9.59 Å². The Morgan fingerprint density at radius 2 is 1.78 bits per heavy atom. The van der Waals surface area contributed by atoms with Crippen molar-refractivity contribution in [3.63, 3.8) is 0 Å². The van der Waals surface area contributed by atoms with Gasteiger partial charge in [0, 0.05) is 4.47 Å². The number of hydrogen-bond acceptors (Lipinski definition) is 6. The number of rotatable bonds is 6. The molecule has 2 rings (SSSR count). The molecular weight excluding hydrogens is 418 g/mol. The molecule has 0 aliphatic heterocycles. The van der Waals surface area contributed by atoms with Crippen molar-refractivity contribution in [3.05, 3.63) is 58.6 Å². The van der Waals surface area contributed by atoms with Crippen LogP contribution in [0.3, 0.4) is 0 Å². The normalized spacial score (nSPS) is 10.3. The van der Waals surface area contributed by atoms with Crippen molar-refractivity contribution in [2.75, 3.05) is 19.0 Å². The van der Waals surface area contributed by atoms with Gasteiger partial charge in [-0.05, 0) is 57.9 Å². The lowest BCUT2D eigenvalue weighted by Gasteiger charge is -2.06. The molecule has 0 unspecified atom stereocenters. The number of halogens is 1. The van der Waals surface area contributed by atoms with Gasteiger partial charge in [-0.2, -0.15) is 5.10 Å². The number of hydrogen-bond donors (Lipinski definition) is 2. The fourth-order valence-electron chi connectivity index (χ4n) is 1.81. The Bertz CT molecular complexity index is 852. The zero-order valence-corrected chi connectivity index (χ0v) is 15.9. The van der Waals surface area contributed by atoms with E-state index >= 15 is 0 Å². The molecule has 9 heteroatoms. The molecule has 2 aromatic carbocycles. The number of nitrogens with one attached hydrogen (secondary N) is 2. The molecule has 0 fully saturated rings. The van der Waals surface area contributed by atoms with E-state index < -0.39 is 17.8 Å². The van der Waals surface area contributed by atoms with Crippen LogP contribution < -0.4 is 15.5 Å². The maximum Gasteiger partial charge on any atom is 0.343 e. The topological polar surface area (TPSA) is 106 Å². The fourth-order valence-corrected chi connectivity index (χ4v) is 2.19. The zero-order chi connectivity index (χ0) is 19.6. The fraction of sp³-hybridized carbons (Fsp3) is 0.111. The van der Waals surface area contributed by atoms with Crippen molar-refractivity contribution in [2.24, 2.45) is 5.10 Å². The molecule has 140 valence electrons. The number of ether oxygens (including phenoxy) is 2. The summed E-state index contributed by atoms with van der Waals surface area (Å²) in [6.07, 6.45) is 1.37. The number of amides is 2. The van der Waals surface area contributed by atoms with Gasteiger partial charge in [-0.1, -0.05) is 12.1 Å². The minimum absolute atomic E-state index is 0.188. The van der Waals surface area contributed by atoms with E-state index in [4.69, 9.17) is 4.74 Å². The highest BCUT2D eigenvalue weighted by Gasteiger charge is 2.13. The van der Waals surface area contributed by atoms with E-state index in [0.29, 0.717) is 21.5 Å². The molecule has 0 saturated heterocycles. The van der Waals surface area contributed by atoms with Crippen LogP contribution in [0.25, 0.3) is 0 Å². The van der Waals surface area contributed by atoms with Crippen LogP contribution in [0.1, 0.15) is 5.56 Å². The molecule has 0 aliphatic carbocycles. The number of methoxy groups -OCH3 is 1. The average Bonchev–Trinajstić information content (AvgIpc) is 2.68. The van der Waals surface area contributed by atoms with E-state index in [2.05, 4.69) is 36.5 Å². The first kappa shape index (κ1) is 20.1. The molecule has 8 nitrogen and oxygen atoms in total. The molecule has 27 heavy (non-hydrogen) atoms. The second kappa shape index (κ2) is 10.1. The Labute approximate surface area is 163 Å². The maximum absolute atomic E-state index is 11.8. The summed E-state index contributed by atoms with van der Waals surface area (Å²) in [4.78, 5) is 34.6. The van der Waals surface area contributed by atoms with Crippen LogP contribution in [0.5, 0.6) is 5.75 Å². The number of nitrogens with zero attached hydrogens (tertiary/aromatic N) is 1. The molecule has 0 saturated carbocycles. The van der Waals surface area contributed by atoms with E-state index in [1.165, 1.54) is 13.3 Å². The predicted octanol–water partition coefficient (Wildman–Crippen LogP) is 2.09. The van der Waals surface area contributed by atoms with Crippen molar-refractivity contribution in [1.29, 1.82) is 0 Å². The average molecular weight is 434 g/mol. The maximum atomic E-state index is 11.8. The SMILES string of the molecule is COC(=O)COc1ccc(/C=N\NC(=O)C(=O)Nc2ccccc2Br)cc1. The minimum atomic E-state index is -0.903. The number of carbonyl (C=O) groups is 3. The Balaban J connectivity index is 1.83. The minimum Gasteiger partial charge on any atom is -0.482 e. The van der Waals surface area contributed by atoms with Gasteiger partial charge >= 0.3 is 17.8 Å². The van der Waals surface area contributed by atoms with Crippen molar-refractivity contribution < 1.29 is 23.9 Å². The van der Waals surface area contributed by atoms with Crippen LogP contribution in [0, 0.1) is 0 Å². The number of para-hydroxylation sites is 1. The van der Waals surface area contributed by atoms with Crippen LogP contribution in [0.4, 0.5) is 5.69 Å². The summed E-state index contributed by atoms with van der Waals surface area (Å²) in [6.45, 7) is -0.188. The second-order valence-corrected chi connectivity index (χ2v) is 5.92. The molecule has 0 aliphatic rings. The molecule has 0 spiro atoms. The summed E-state index contributed by atoms with van der Waals surface area (Å²) in [6, 6.07) is 13.5. The van der Waals surface area contributed by atoms with Crippen molar-refractivity contribution >= 4 is 45.6 Å². The number of benzene rings is 2. The summed E-state index contributed by atoms with van der Waals surface area (Å²) in [5.74, 6) is -1.75. The molecule has 0 heterocycles. The summed E-state index contributed by atoms with van der Waals surface area (Å²) < 4.78 is 10.3. The first-order chi connectivity index (χ1) is 13.0. The predicted molar refractivity (Wildman–Crippen MR) is 102 cm³/mol. The first-order valence-electron chi connectivity index (χ1n) is 7.68. The van der Waals surface area contributed by atoms with Gasteiger partial charge in [0.05, 0.1) is 19.0 Å². The summed E-state index contributed by atoms with van der Waals surface area (Å²) in [5.41, 5.74) is 3.28. The monoisotopic (exact) mass is 433 g/mol. The van der Waals surface area contributed by atoms with Crippen molar-refractivity contribution in [2.45, 2.75) is 0 Å². The standard InChI is InChI=1S/C18H16BrN3O5/c1-26-16(23)11-27-13-8-6-12(7-9-13)10-20-22-18(25)17(24)21-15-5-3-2-4-14(15)19/h2-10H,11H2,1H3,(H,21,24)(H,22,25)/b20-10-. The molecule has 0 radical (unpaired) electrons. The van der Waals surface area contributed by atoms with Crippen LogP contribution >= 0.6 is 15.9 Å². The van der Waals surface area contributed by atoms with Gasteiger partial charge in [0.1, 0.15) is 5.75 Å². The quantitative estimate of drug-likeness (QED) is 0.314. The van der Waals surface area contributed by atoms with Gasteiger partial charge in [0.15, 0.2) is 6.61 Å². The van der Waals surface area contributed by atoms with Gasteiger partial charge in [0.2, 0.25) is 0 Å². The van der Waals surface area contributed by atoms with Gasteiger partial charge in [-0.15, -0.1) is 0 Å². The summed E-state index contributed by atoms with van der Waals surface area (Å²) in [5, 5.41) is 6.20. The molecule has 0 atom stereocenters. The van der Waals surface area contributed by atoms with Gasteiger partial charge < -0.3 is 14.8 Å². The Hall–Kier alpha value is -3.20. The Morgan fingerprint density at radius 1 is 1.07 bits per heavy atom. The molecule has 2 N–H and O–H groups in total. The van der Waals surface area contributed by atoms with Crippen LogP contribution in [0.15, 0.2) is 58.1 Å².